The minimum atomic E-state index is -0.0816. The Morgan fingerprint density at radius 1 is 1.00 bits per heavy atom. The molecule has 1 amide bonds. The first-order valence-corrected chi connectivity index (χ1v) is 9.89. The Bertz CT molecular complexity index is 1080. The van der Waals surface area contributed by atoms with Gasteiger partial charge in [0.05, 0.1) is 18.1 Å². The Morgan fingerprint density at radius 3 is 2.45 bits per heavy atom. The molecule has 0 atom stereocenters. The molecular formula is C22H26N4O3. The number of anilines is 1. The number of rotatable bonds is 5. The van der Waals surface area contributed by atoms with Gasteiger partial charge in [-0.05, 0) is 24.3 Å². The van der Waals surface area contributed by atoms with Gasteiger partial charge in [0.1, 0.15) is 5.75 Å². The van der Waals surface area contributed by atoms with Crippen LogP contribution in [0.3, 0.4) is 0 Å². The molecule has 1 fully saturated rings. The molecule has 7 heteroatoms. The number of hydrogen-bond acceptors (Lipinski definition) is 4. The van der Waals surface area contributed by atoms with Crippen molar-refractivity contribution in [2.24, 2.45) is 7.05 Å². The highest BCUT2D eigenvalue weighted by Gasteiger charge is 2.22. The molecule has 29 heavy (non-hydrogen) atoms. The van der Waals surface area contributed by atoms with Crippen LogP contribution in [-0.2, 0) is 18.4 Å². The lowest BCUT2D eigenvalue weighted by atomic mass is 10.2. The molecule has 0 radical (unpaired) electrons. The van der Waals surface area contributed by atoms with Gasteiger partial charge in [-0.25, -0.2) is 4.79 Å². The maximum absolute atomic E-state index is 12.7. The molecule has 1 aromatic heterocycles. The number of aromatic nitrogens is 2. The molecule has 0 bridgehead atoms. The fraction of sp³-hybridized carbons (Fsp3) is 0.364. The van der Waals surface area contributed by atoms with Crippen molar-refractivity contribution in [2.75, 3.05) is 38.2 Å². The van der Waals surface area contributed by atoms with Gasteiger partial charge in [-0.3, -0.25) is 13.9 Å². The van der Waals surface area contributed by atoms with Gasteiger partial charge >= 0.3 is 5.69 Å². The van der Waals surface area contributed by atoms with Crippen LogP contribution < -0.4 is 15.3 Å². The van der Waals surface area contributed by atoms with Crippen LogP contribution in [0.5, 0.6) is 5.75 Å². The first kappa shape index (κ1) is 19.1. The Morgan fingerprint density at radius 2 is 1.72 bits per heavy atom. The van der Waals surface area contributed by atoms with Crippen LogP contribution in [0.4, 0.5) is 5.69 Å². The van der Waals surface area contributed by atoms with Crippen LogP contribution in [0.2, 0.25) is 0 Å². The van der Waals surface area contributed by atoms with E-state index >= 15 is 0 Å². The maximum Gasteiger partial charge on any atom is 0.328 e. The summed E-state index contributed by atoms with van der Waals surface area (Å²) in [6.07, 6.45) is 0.326. The normalized spacial score (nSPS) is 14.4. The van der Waals surface area contributed by atoms with E-state index in [1.54, 1.807) is 23.3 Å². The van der Waals surface area contributed by atoms with Crippen molar-refractivity contribution < 1.29 is 9.53 Å². The SMILES string of the molecule is COc1cccc(N2CCN(C(=O)CCn3c(=O)n(C)c4ccccc43)CC2)c1. The molecule has 0 unspecified atom stereocenters. The van der Waals surface area contributed by atoms with Gasteiger partial charge in [-0.1, -0.05) is 18.2 Å². The molecule has 7 nitrogen and oxygen atoms in total. The van der Waals surface area contributed by atoms with Crippen molar-refractivity contribution in [3.63, 3.8) is 0 Å². The molecule has 1 aliphatic heterocycles. The third kappa shape index (κ3) is 3.72. The van der Waals surface area contributed by atoms with E-state index in [4.69, 9.17) is 4.74 Å². The molecule has 152 valence electrons. The Labute approximate surface area is 169 Å². The molecule has 3 aromatic rings. The van der Waals surface area contributed by atoms with Gasteiger partial charge in [0, 0.05) is 57.9 Å². The Balaban J connectivity index is 1.37. The highest BCUT2D eigenvalue weighted by Crippen LogP contribution is 2.22. The van der Waals surface area contributed by atoms with E-state index in [9.17, 15) is 9.59 Å². The number of para-hydroxylation sites is 2. The average Bonchev–Trinajstić information content (AvgIpc) is 3.02. The highest BCUT2D eigenvalue weighted by molar-refractivity contribution is 5.78. The van der Waals surface area contributed by atoms with E-state index in [-0.39, 0.29) is 11.6 Å². The van der Waals surface area contributed by atoms with Crippen molar-refractivity contribution in [2.45, 2.75) is 13.0 Å². The standard InChI is InChI=1S/C22H26N4O3/c1-23-19-8-3-4-9-20(19)26(22(23)28)11-10-21(27)25-14-12-24(13-15-25)17-6-5-7-18(16-17)29-2/h3-9,16H,10-15H2,1-2H3. The minimum Gasteiger partial charge on any atom is -0.497 e. The van der Waals surface area contributed by atoms with Crippen LogP contribution in [0.15, 0.2) is 53.3 Å². The summed E-state index contributed by atoms with van der Waals surface area (Å²) in [5.41, 5.74) is 2.79. The number of methoxy groups -OCH3 is 1. The Hall–Kier alpha value is -3.22. The largest absolute Gasteiger partial charge is 0.497 e. The number of ether oxygens (including phenoxy) is 1. The predicted octanol–water partition coefficient (Wildman–Crippen LogP) is 2.09. The number of benzene rings is 2. The number of hydrogen-bond donors (Lipinski definition) is 0. The number of nitrogens with zero attached hydrogens (tertiary/aromatic N) is 4. The average molecular weight is 394 g/mol. The van der Waals surface area contributed by atoms with Crippen molar-refractivity contribution in [3.8, 4) is 5.75 Å². The summed E-state index contributed by atoms with van der Waals surface area (Å²) < 4.78 is 8.63. The van der Waals surface area contributed by atoms with E-state index in [1.165, 1.54) is 0 Å². The second-order valence-corrected chi connectivity index (χ2v) is 7.30. The molecule has 4 rings (SSSR count). The number of amides is 1. The summed E-state index contributed by atoms with van der Waals surface area (Å²) in [7, 11) is 3.43. The number of carbonyl (C=O) groups is 1. The van der Waals surface area contributed by atoms with Crippen molar-refractivity contribution in [1.29, 1.82) is 0 Å². The van der Waals surface area contributed by atoms with Gasteiger partial charge in [-0.15, -0.1) is 0 Å². The quantitative estimate of drug-likeness (QED) is 0.665. The second kappa shape index (κ2) is 8.03. The van der Waals surface area contributed by atoms with E-state index < -0.39 is 0 Å². The van der Waals surface area contributed by atoms with Gasteiger partial charge in [0.25, 0.3) is 0 Å². The minimum absolute atomic E-state index is 0.0816. The molecule has 1 saturated heterocycles. The number of piperazine rings is 1. The van der Waals surface area contributed by atoms with Gasteiger partial charge < -0.3 is 14.5 Å². The summed E-state index contributed by atoms with van der Waals surface area (Å²) in [4.78, 5) is 29.4. The summed E-state index contributed by atoms with van der Waals surface area (Å²) in [6, 6.07) is 15.7. The molecule has 1 aliphatic rings. The van der Waals surface area contributed by atoms with Gasteiger partial charge in [0.2, 0.25) is 5.91 Å². The summed E-state index contributed by atoms with van der Waals surface area (Å²) >= 11 is 0. The molecule has 2 heterocycles. The highest BCUT2D eigenvalue weighted by atomic mass is 16.5. The smallest absolute Gasteiger partial charge is 0.328 e. The van der Waals surface area contributed by atoms with Crippen LogP contribution in [-0.4, -0.2) is 53.2 Å². The van der Waals surface area contributed by atoms with Crippen LogP contribution >= 0.6 is 0 Å². The van der Waals surface area contributed by atoms with Gasteiger partial charge in [-0.2, -0.15) is 0 Å². The molecule has 2 aromatic carbocycles. The van der Waals surface area contributed by atoms with E-state index in [0.717, 1.165) is 35.6 Å². The molecular weight excluding hydrogens is 368 g/mol. The van der Waals surface area contributed by atoms with E-state index in [0.29, 0.717) is 26.1 Å². The monoisotopic (exact) mass is 394 g/mol. The van der Waals surface area contributed by atoms with E-state index in [1.807, 2.05) is 47.4 Å². The molecule has 0 N–H and O–H groups in total. The third-order valence-corrected chi connectivity index (χ3v) is 5.65. The third-order valence-electron chi connectivity index (χ3n) is 5.65. The lowest BCUT2D eigenvalue weighted by Gasteiger charge is -2.36. The summed E-state index contributed by atoms with van der Waals surface area (Å²) in [5, 5.41) is 0. The number of aryl methyl sites for hydroxylation is 2. The zero-order valence-electron chi connectivity index (χ0n) is 16.9. The first-order valence-electron chi connectivity index (χ1n) is 9.89. The van der Waals surface area contributed by atoms with Crippen molar-refractivity contribution in [3.05, 3.63) is 59.0 Å². The number of imidazole rings is 1. The van der Waals surface area contributed by atoms with Gasteiger partial charge in [0.15, 0.2) is 0 Å². The molecule has 0 saturated carbocycles. The predicted molar refractivity (Wildman–Crippen MR) is 114 cm³/mol. The lowest BCUT2D eigenvalue weighted by molar-refractivity contribution is -0.131. The zero-order chi connectivity index (χ0) is 20.4. The topological polar surface area (TPSA) is 59.7 Å². The van der Waals surface area contributed by atoms with Crippen LogP contribution in [0.1, 0.15) is 6.42 Å². The van der Waals surface area contributed by atoms with Crippen LogP contribution in [0.25, 0.3) is 11.0 Å². The zero-order valence-corrected chi connectivity index (χ0v) is 16.9. The maximum atomic E-state index is 12.7. The van der Waals surface area contributed by atoms with Crippen molar-refractivity contribution in [1.82, 2.24) is 14.0 Å². The summed E-state index contributed by atoms with van der Waals surface area (Å²) in [6.45, 7) is 3.33. The fourth-order valence-electron chi connectivity index (χ4n) is 3.97. The van der Waals surface area contributed by atoms with Crippen LogP contribution in [0, 0.1) is 0 Å². The van der Waals surface area contributed by atoms with E-state index in [2.05, 4.69) is 11.0 Å². The second-order valence-electron chi connectivity index (χ2n) is 7.30. The summed E-state index contributed by atoms with van der Waals surface area (Å²) in [5.74, 6) is 0.927. The Kier molecular flexibility index (Phi) is 5.29. The first-order chi connectivity index (χ1) is 14.1. The molecule has 0 aliphatic carbocycles. The number of fused-ring (bicyclic) bond motifs is 1. The van der Waals surface area contributed by atoms with Crippen molar-refractivity contribution >= 4 is 22.6 Å². The molecule has 0 spiro atoms. The fourth-order valence-corrected chi connectivity index (χ4v) is 3.97. The lowest BCUT2D eigenvalue weighted by Crippen LogP contribution is -2.49. The number of carbonyl (C=O) groups excluding carboxylic acids is 1.